The number of alkyl halides is 2. The molecule has 0 aliphatic heterocycles. The molecule has 4 heterocycles. The third-order valence-corrected chi connectivity index (χ3v) is 5.48. The summed E-state index contributed by atoms with van der Waals surface area (Å²) < 4.78 is 47.9. The van der Waals surface area contributed by atoms with E-state index in [4.69, 9.17) is 16.3 Å². The maximum Gasteiger partial charge on any atom is 0.280 e. The maximum absolute atomic E-state index is 14.4. The summed E-state index contributed by atoms with van der Waals surface area (Å²) in [6.07, 6.45) is -0.225. The van der Waals surface area contributed by atoms with E-state index < -0.39 is 17.9 Å². The fourth-order valence-corrected chi connectivity index (χ4v) is 3.68. The lowest BCUT2D eigenvalue weighted by Crippen LogP contribution is -2.05. The molecule has 0 aliphatic rings. The highest BCUT2D eigenvalue weighted by molar-refractivity contribution is 6.29. The van der Waals surface area contributed by atoms with Gasteiger partial charge in [0.1, 0.15) is 22.3 Å². The van der Waals surface area contributed by atoms with Gasteiger partial charge in [0, 0.05) is 6.07 Å². The molecule has 0 saturated heterocycles. The number of pyridine rings is 2. The molecule has 0 saturated carbocycles. The normalized spacial score (nSPS) is 11.3. The largest absolute Gasteiger partial charge is 0.497 e. The van der Waals surface area contributed by atoms with Crippen LogP contribution in [-0.2, 0) is 6.54 Å². The molecule has 182 valence electrons. The van der Waals surface area contributed by atoms with Crippen LogP contribution in [0.2, 0.25) is 5.15 Å². The molecule has 0 radical (unpaired) electrons. The van der Waals surface area contributed by atoms with Gasteiger partial charge in [-0.25, -0.2) is 38.1 Å². The molecule has 0 spiro atoms. The van der Waals surface area contributed by atoms with E-state index >= 15 is 0 Å². The van der Waals surface area contributed by atoms with Crippen LogP contribution in [0.1, 0.15) is 17.7 Å². The second-order valence-electron chi connectivity index (χ2n) is 7.65. The van der Waals surface area contributed by atoms with E-state index in [1.54, 1.807) is 18.0 Å². The van der Waals surface area contributed by atoms with Crippen molar-refractivity contribution in [1.29, 1.82) is 0 Å². The standard InChI is InChI=1S/C24H17ClF3N7O/c1-36-14-7-5-13(6-8-14)11-35-12-30-20-23(32-18-9-19(25)29-10-15(18)26)33-22(34-24(20)35)17-4-2-3-16(31-17)21(27)28/h2-10,12,21H,11H2,1H3,(H,29,32,33,34). The molecule has 5 aromatic rings. The van der Waals surface area contributed by atoms with Gasteiger partial charge in [-0.3, -0.25) is 0 Å². The molecule has 0 fully saturated rings. The summed E-state index contributed by atoms with van der Waals surface area (Å²) in [5.41, 5.74) is 1.40. The first-order valence-corrected chi connectivity index (χ1v) is 11.0. The first kappa shape index (κ1) is 23.5. The number of halogens is 4. The van der Waals surface area contributed by atoms with Crippen molar-refractivity contribution in [3.63, 3.8) is 0 Å². The average molecular weight is 512 g/mol. The van der Waals surface area contributed by atoms with Gasteiger partial charge in [-0.1, -0.05) is 29.8 Å². The van der Waals surface area contributed by atoms with Crippen molar-refractivity contribution >= 4 is 34.3 Å². The summed E-state index contributed by atoms with van der Waals surface area (Å²) in [4.78, 5) is 21.1. The fraction of sp³-hybridized carbons (Fsp3) is 0.125. The SMILES string of the molecule is COc1ccc(Cn2cnc3c(Nc4cc(Cl)ncc4F)nc(-c4cccc(C(F)F)n4)nc32)cc1. The summed E-state index contributed by atoms with van der Waals surface area (Å²) >= 11 is 5.93. The topological polar surface area (TPSA) is 90.6 Å². The van der Waals surface area contributed by atoms with Gasteiger partial charge < -0.3 is 14.6 Å². The minimum absolute atomic E-state index is 0.0138. The van der Waals surface area contributed by atoms with Crippen LogP contribution in [0.4, 0.5) is 24.7 Å². The Bertz CT molecular complexity index is 1540. The van der Waals surface area contributed by atoms with Gasteiger partial charge in [-0.15, -0.1) is 0 Å². The second-order valence-corrected chi connectivity index (χ2v) is 8.04. The minimum Gasteiger partial charge on any atom is -0.497 e. The van der Waals surface area contributed by atoms with E-state index in [0.717, 1.165) is 11.8 Å². The van der Waals surface area contributed by atoms with Crippen molar-refractivity contribution in [3.8, 4) is 17.3 Å². The third kappa shape index (κ3) is 4.78. The number of aromatic nitrogens is 6. The Morgan fingerprint density at radius 1 is 1.06 bits per heavy atom. The number of benzene rings is 1. The van der Waals surface area contributed by atoms with Gasteiger partial charge in [0.15, 0.2) is 28.6 Å². The molecule has 12 heteroatoms. The predicted molar refractivity (Wildman–Crippen MR) is 128 cm³/mol. The lowest BCUT2D eigenvalue weighted by molar-refractivity contribution is 0.146. The van der Waals surface area contributed by atoms with Crippen LogP contribution in [0.15, 0.2) is 61.1 Å². The molecule has 0 amide bonds. The lowest BCUT2D eigenvalue weighted by Gasteiger charge is -2.11. The first-order chi connectivity index (χ1) is 17.4. The minimum atomic E-state index is -2.76. The Morgan fingerprint density at radius 2 is 1.86 bits per heavy atom. The van der Waals surface area contributed by atoms with Crippen LogP contribution in [0.25, 0.3) is 22.7 Å². The number of anilines is 2. The van der Waals surface area contributed by atoms with Gasteiger partial charge >= 0.3 is 0 Å². The molecule has 5 rings (SSSR count). The van der Waals surface area contributed by atoms with Gasteiger partial charge in [-0.05, 0) is 29.8 Å². The summed E-state index contributed by atoms with van der Waals surface area (Å²) in [6, 6.07) is 12.9. The van der Waals surface area contributed by atoms with Gasteiger partial charge in [0.05, 0.1) is 31.9 Å². The molecule has 0 aliphatic carbocycles. The highest BCUT2D eigenvalue weighted by Crippen LogP contribution is 2.29. The fourth-order valence-electron chi connectivity index (χ4n) is 3.52. The van der Waals surface area contributed by atoms with Crippen molar-refractivity contribution in [3.05, 3.63) is 83.3 Å². The highest BCUT2D eigenvalue weighted by Gasteiger charge is 2.18. The molecule has 8 nitrogen and oxygen atoms in total. The Balaban J connectivity index is 1.63. The monoisotopic (exact) mass is 511 g/mol. The van der Waals surface area contributed by atoms with Crippen molar-refractivity contribution in [1.82, 2.24) is 29.5 Å². The van der Waals surface area contributed by atoms with Crippen LogP contribution in [-0.4, -0.2) is 36.6 Å². The van der Waals surface area contributed by atoms with E-state index in [2.05, 4.69) is 30.2 Å². The van der Waals surface area contributed by atoms with Crippen LogP contribution in [0.5, 0.6) is 5.75 Å². The molecule has 0 bridgehead atoms. The van der Waals surface area contributed by atoms with Crippen molar-refractivity contribution in [2.24, 2.45) is 0 Å². The van der Waals surface area contributed by atoms with Crippen molar-refractivity contribution in [2.75, 3.05) is 12.4 Å². The summed E-state index contributed by atoms with van der Waals surface area (Å²) in [6.45, 7) is 0.399. The van der Waals surface area contributed by atoms with E-state index in [1.165, 1.54) is 24.3 Å². The Morgan fingerprint density at radius 3 is 2.61 bits per heavy atom. The van der Waals surface area contributed by atoms with Gasteiger partial charge in [0.2, 0.25) is 0 Å². The smallest absolute Gasteiger partial charge is 0.280 e. The number of ether oxygens (including phenoxy) is 1. The third-order valence-electron chi connectivity index (χ3n) is 5.27. The summed E-state index contributed by atoms with van der Waals surface area (Å²) in [5.74, 6) is 0.259. The number of imidazole rings is 1. The number of nitrogens with zero attached hydrogens (tertiary/aromatic N) is 6. The van der Waals surface area contributed by atoms with Crippen LogP contribution < -0.4 is 10.1 Å². The van der Waals surface area contributed by atoms with Gasteiger partial charge in [0.25, 0.3) is 6.43 Å². The summed E-state index contributed by atoms with van der Waals surface area (Å²) in [5, 5.41) is 2.95. The average Bonchev–Trinajstić information content (AvgIpc) is 3.29. The molecule has 0 unspecified atom stereocenters. The van der Waals surface area contributed by atoms with Crippen LogP contribution in [0, 0.1) is 5.82 Å². The zero-order valence-corrected chi connectivity index (χ0v) is 19.4. The molecule has 36 heavy (non-hydrogen) atoms. The summed E-state index contributed by atoms with van der Waals surface area (Å²) in [7, 11) is 1.58. The zero-order chi connectivity index (χ0) is 25.2. The molecule has 0 atom stereocenters. The number of rotatable bonds is 7. The van der Waals surface area contributed by atoms with E-state index in [0.29, 0.717) is 23.5 Å². The van der Waals surface area contributed by atoms with E-state index in [9.17, 15) is 13.2 Å². The molecule has 4 aromatic heterocycles. The molecule has 1 N–H and O–H groups in total. The molecule has 1 aromatic carbocycles. The second kappa shape index (κ2) is 9.78. The predicted octanol–water partition coefficient (Wildman–Crippen LogP) is 5.81. The molecular formula is C24H17ClF3N7O. The Kier molecular flexibility index (Phi) is 6.38. The van der Waals surface area contributed by atoms with Crippen molar-refractivity contribution in [2.45, 2.75) is 13.0 Å². The highest BCUT2D eigenvalue weighted by atomic mass is 35.5. The Labute approximate surface area is 207 Å². The number of hydrogen-bond donors (Lipinski definition) is 1. The van der Waals surface area contributed by atoms with Crippen LogP contribution in [0.3, 0.4) is 0 Å². The number of hydrogen-bond acceptors (Lipinski definition) is 7. The lowest BCUT2D eigenvalue weighted by atomic mass is 10.2. The number of fused-ring (bicyclic) bond motifs is 1. The van der Waals surface area contributed by atoms with E-state index in [-0.39, 0.29) is 28.2 Å². The number of methoxy groups -OCH3 is 1. The van der Waals surface area contributed by atoms with Crippen molar-refractivity contribution < 1.29 is 17.9 Å². The van der Waals surface area contributed by atoms with Crippen LogP contribution >= 0.6 is 11.6 Å². The number of nitrogens with one attached hydrogen (secondary N) is 1. The van der Waals surface area contributed by atoms with Gasteiger partial charge in [-0.2, -0.15) is 0 Å². The quantitative estimate of drug-likeness (QED) is 0.275. The Hall–Kier alpha value is -4.25. The maximum atomic E-state index is 14.4. The zero-order valence-electron chi connectivity index (χ0n) is 18.7. The molecular weight excluding hydrogens is 495 g/mol. The van der Waals surface area contributed by atoms with E-state index in [1.807, 2.05) is 24.3 Å². The first-order valence-electron chi connectivity index (χ1n) is 10.6.